The Hall–Kier alpha value is -0.490. The number of hydrogen-bond donors (Lipinski definition) is 0. The second kappa shape index (κ2) is 8.64. The van der Waals surface area contributed by atoms with Gasteiger partial charge in [0.1, 0.15) is 0 Å². The third kappa shape index (κ3) is 5.57. The van der Waals surface area contributed by atoms with Crippen LogP contribution in [0.2, 0.25) is 5.02 Å². The predicted molar refractivity (Wildman–Crippen MR) is 84.8 cm³/mol. The van der Waals surface area contributed by atoms with Crippen LogP contribution in [0.3, 0.4) is 0 Å². The van der Waals surface area contributed by atoms with Gasteiger partial charge in [-0.15, -0.1) is 0 Å². The molecule has 0 amide bonds. The molecule has 2 rings (SSSR count). The number of halogens is 1. The van der Waals surface area contributed by atoms with E-state index in [0.717, 1.165) is 17.4 Å². The summed E-state index contributed by atoms with van der Waals surface area (Å²) in [6.45, 7) is 0. The van der Waals surface area contributed by atoms with Crippen LogP contribution in [0.25, 0.3) is 0 Å². The third-order valence-electron chi connectivity index (χ3n) is 4.49. The van der Waals surface area contributed by atoms with Gasteiger partial charge in [0.2, 0.25) is 0 Å². The number of benzene rings is 1. The molecule has 1 heteroatoms. The Labute approximate surface area is 123 Å². The molecule has 106 valence electrons. The Morgan fingerprint density at radius 1 is 0.895 bits per heavy atom. The number of hydrogen-bond acceptors (Lipinski definition) is 0. The molecular formula is C18H27Cl. The topological polar surface area (TPSA) is 0 Å². The highest BCUT2D eigenvalue weighted by atomic mass is 35.5. The normalized spacial score (nSPS) is 16.7. The van der Waals surface area contributed by atoms with Gasteiger partial charge in [-0.1, -0.05) is 87.6 Å². The summed E-state index contributed by atoms with van der Waals surface area (Å²) in [5, 5.41) is 0.935. The zero-order valence-corrected chi connectivity index (χ0v) is 12.8. The minimum absolute atomic E-state index is 0.935. The minimum Gasteiger partial charge on any atom is -0.0840 e. The molecule has 19 heavy (non-hydrogen) atoms. The third-order valence-corrected chi connectivity index (χ3v) is 4.86. The van der Waals surface area contributed by atoms with Crippen LogP contribution in [0, 0.1) is 5.92 Å². The van der Waals surface area contributed by atoms with Crippen LogP contribution in [0.1, 0.15) is 69.8 Å². The SMILES string of the molecule is Clc1ccccc1CCCCCCC1CCCCC1. The van der Waals surface area contributed by atoms with E-state index >= 15 is 0 Å². The molecule has 0 N–H and O–H groups in total. The Morgan fingerprint density at radius 2 is 1.63 bits per heavy atom. The average molecular weight is 279 g/mol. The van der Waals surface area contributed by atoms with Crippen molar-refractivity contribution in [2.24, 2.45) is 5.92 Å². The van der Waals surface area contributed by atoms with Crippen molar-refractivity contribution in [1.82, 2.24) is 0 Å². The first-order chi connectivity index (χ1) is 9.36. The standard InChI is InChI=1S/C18H27Cl/c19-18-15-9-8-14-17(18)13-7-2-1-4-10-16-11-5-3-6-12-16/h8-9,14-16H,1-7,10-13H2. The van der Waals surface area contributed by atoms with E-state index in [4.69, 9.17) is 11.6 Å². The number of aryl methyl sites for hydroxylation is 1. The lowest BCUT2D eigenvalue weighted by Gasteiger charge is -2.21. The van der Waals surface area contributed by atoms with Crippen molar-refractivity contribution in [2.75, 3.05) is 0 Å². The van der Waals surface area contributed by atoms with E-state index in [1.165, 1.54) is 69.8 Å². The molecule has 0 spiro atoms. The molecule has 1 fully saturated rings. The van der Waals surface area contributed by atoms with Crippen LogP contribution in [-0.4, -0.2) is 0 Å². The molecule has 0 radical (unpaired) electrons. The molecule has 1 aromatic rings. The van der Waals surface area contributed by atoms with Gasteiger partial charge in [0, 0.05) is 5.02 Å². The van der Waals surface area contributed by atoms with Gasteiger partial charge in [-0.05, 0) is 30.4 Å². The first-order valence-corrected chi connectivity index (χ1v) is 8.47. The van der Waals surface area contributed by atoms with Gasteiger partial charge in [0.05, 0.1) is 0 Å². The lowest BCUT2D eigenvalue weighted by atomic mass is 9.85. The van der Waals surface area contributed by atoms with Gasteiger partial charge >= 0.3 is 0 Å². The van der Waals surface area contributed by atoms with Crippen molar-refractivity contribution < 1.29 is 0 Å². The van der Waals surface area contributed by atoms with E-state index in [9.17, 15) is 0 Å². The fourth-order valence-electron chi connectivity index (χ4n) is 3.28. The summed E-state index contributed by atoms with van der Waals surface area (Å²) >= 11 is 6.17. The highest BCUT2D eigenvalue weighted by molar-refractivity contribution is 6.31. The molecule has 0 unspecified atom stereocenters. The molecule has 1 aliphatic rings. The maximum Gasteiger partial charge on any atom is 0.0437 e. The lowest BCUT2D eigenvalue weighted by Crippen LogP contribution is -2.05. The summed E-state index contributed by atoms with van der Waals surface area (Å²) in [7, 11) is 0. The molecule has 0 bridgehead atoms. The van der Waals surface area contributed by atoms with Gasteiger partial charge in [-0.3, -0.25) is 0 Å². The fourth-order valence-corrected chi connectivity index (χ4v) is 3.51. The smallest absolute Gasteiger partial charge is 0.0437 e. The minimum atomic E-state index is 0.935. The van der Waals surface area contributed by atoms with Crippen molar-refractivity contribution in [3.05, 3.63) is 34.9 Å². The van der Waals surface area contributed by atoms with E-state index in [0.29, 0.717) is 0 Å². The molecule has 0 nitrogen and oxygen atoms in total. The maximum absolute atomic E-state index is 6.17. The van der Waals surface area contributed by atoms with Gasteiger partial charge in [-0.25, -0.2) is 0 Å². The van der Waals surface area contributed by atoms with E-state index < -0.39 is 0 Å². The van der Waals surface area contributed by atoms with Gasteiger partial charge in [0.25, 0.3) is 0 Å². The zero-order chi connectivity index (χ0) is 13.3. The first-order valence-electron chi connectivity index (χ1n) is 8.09. The molecule has 0 saturated heterocycles. The largest absolute Gasteiger partial charge is 0.0840 e. The van der Waals surface area contributed by atoms with Gasteiger partial charge in [-0.2, -0.15) is 0 Å². The molecule has 1 aliphatic carbocycles. The van der Waals surface area contributed by atoms with Crippen LogP contribution >= 0.6 is 11.6 Å². The zero-order valence-electron chi connectivity index (χ0n) is 12.0. The summed E-state index contributed by atoms with van der Waals surface area (Å²) in [4.78, 5) is 0. The Bertz CT molecular complexity index is 352. The van der Waals surface area contributed by atoms with E-state index in [-0.39, 0.29) is 0 Å². The fraction of sp³-hybridized carbons (Fsp3) is 0.667. The lowest BCUT2D eigenvalue weighted by molar-refractivity contribution is 0.328. The summed E-state index contributed by atoms with van der Waals surface area (Å²) in [6, 6.07) is 8.25. The molecule has 0 aliphatic heterocycles. The molecule has 0 aromatic heterocycles. The van der Waals surface area contributed by atoms with E-state index in [1.54, 1.807) is 0 Å². The number of rotatable bonds is 7. The molecule has 1 saturated carbocycles. The second-order valence-electron chi connectivity index (χ2n) is 6.05. The Balaban J connectivity index is 1.51. The summed E-state index contributed by atoms with van der Waals surface area (Å²) in [5.41, 5.74) is 1.32. The van der Waals surface area contributed by atoms with Crippen LogP contribution in [0.4, 0.5) is 0 Å². The molecule has 0 heterocycles. The number of unbranched alkanes of at least 4 members (excludes halogenated alkanes) is 3. The van der Waals surface area contributed by atoms with E-state index in [2.05, 4.69) is 12.1 Å². The summed E-state index contributed by atoms with van der Waals surface area (Å²) in [6.07, 6.45) is 15.6. The predicted octanol–water partition coefficient (Wildman–Crippen LogP) is 6.41. The highest BCUT2D eigenvalue weighted by Crippen LogP contribution is 2.28. The quantitative estimate of drug-likeness (QED) is 0.505. The van der Waals surface area contributed by atoms with Crippen LogP contribution in [0.5, 0.6) is 0 Å². The Morgan fingerprint density at radius 3 is 2.42 bits per heavy atom. The Kier molecular flexibility index (Phi) is 6.78. The molecule has 0 atom stereocenters. The van der Waals surface area contributed by atoms with Crippen molar-refractivity contribution in [3.8, 4) is 0 Å². The van der Waals surface area contributed by atoms with Crippen LogP contribution in [0.15, 0.2) is 24.3 Å². The summed E-state index contributed by atoms with van der Waals surface area (Å²) in [5.74, 6) is 1.05. The monoisotopic (exact) mass is 278 g/mol. The molecule has 1 aromatic carbocycles. The van der Waals surface area contributed by atoms with Crippen molar-refractivity contribution in [3.63, 3.8) is 0 Å². The maximum atomic E-state index is 6.17. The molecular weight excluding hydrogens is 252 g/mol. The highest BCUT2D eigenvalue weighted by Gasteiger charge is 2.12. The van der Waals surface area contributed by atoms with Crippen LogP contribution in [-0.2, 0) is 6.42 Å². The van der Waals surface area contributed by atoms with Crippen molar-refractivity contribution in [2.45, 2.75) is 70.6 Å². The van der Waals surface area contributed by atoms with Crippen molar-refractivity contribution >= 4 is 11.6 Å². The average Bonchev–Trinajstić information content (AvgIpc) is 2.45. The first kappa shape index (κ1) is 14.9. The second-order valence-corrected chi connectivity index (χ2v) is 6.46. The van der Waals surface area contributed by atoms with Gasteiger partial charge in [0.15, 0.2) is 0 Å². The summed E-state index contributed by atoms with van der Waals surface area (Å²) < 4.78 is 0. The van der Waals surface area contributed by atoms with Crippen LogP contribution < -0.4 is 0 Å². The van der Waals surface area contributed by atoms with E-state index in [1.807, 2.05) is 12.1 Å². The van der Waals surface area contributed by atoms with Crippen molar-refractivity contribution in [1.29, 1.82) is 0 Å². The van der Waals surface area contributed by atoms with Gasteiger partial charge < -0.3 is 0 Å².